The highest BCUT2D eigenvalue weighted by atomic mass is 19.4. The number of unbranched alkanes of at least 4 members (excludes halogenated alkanes) is 4. The second-order valence-corrected chi connectivity index (χ2v) is 5.45. The second-order valence-electron chi connectivity index (χ2n) is 5.45. The zero-order valence-corrected chi connectivity index (χ0v) is 13.7. The zero-order chi connectivity index (χ0) is 21.7. The molecule has 0 aromatic rings. The maximum absolute atomic E-state index is 13.8. The number of hydrogen-bond acceptors (Lipinski definition) is 2. The normalized spacial score (nSPS) is 16.1. The highest BCUT2D eigenvalue weighted by molar-refractivity contribution is 5.84. The van der Waals surface area contributed by atoms with Crippen LogP contribution in [0.25, 0.3) is 0 Å². The third-order valence-electron chi connectivity index (χ3n) is 3.21. The summed E-state index contributed by atoms with van der Waals surface area (Å²) >= 11 is 0. The van der Waals surface area contributed by atoms with Gasteiger partial charge in [0.25, 0.3) is 5.91 Å². The van der Waals surface area contributed by atoms with Crippen LogP contribution in [-0.4, -0.2) is 42.7 Å². The molecular formula is C13H16F11NO2. The quantitative estimate of drug-likeness (QED) is 0.389. The highest BCUT2D eigenvalue weighted by Crippen LogP contribution is 2.50. The Labute approximate surface area is 146 Å². The summed E-state index contributed by atoms with van der Waals surface area (Å²) in [5.41, 5.74) is 0. The summed E-state index contributed by atoms with van der Waals surface area (Å²) < 4.78 is 141. The van der Waals surface area contributed by atoms with Crippen molar-refractivity contribution in [2.24, 2.45) is 0 Å². The van der Waals surface area contributed by atoms with E-state index in [2.05, 4.69) is 4.74 Å². The fourth-order valence-electron chi connectivity index (χ4n) is 1.68. The standard InChI is InChI=1S/C13H16F11NO2/c1-2-3-4-5-6-7-25-8(26)9(14,11(17,18)19)27-13(23,24)10(15,16)12(20,21)22/h2-7H2,1H3,(H,25,26). The first-order chi connectivity index (χ1) is 11.9. The number of ether oxygens (including phenoxy) is 1. The molecule has 0 saturated carbocycles. The smallest absolute Gasteiger partial charge is 0.351 e. The maximum atomic E-state index is 13.8. The van der Waals surface area contributed by atoms with Gasteiger partial charge in [-0.05, 0) is 6.42 Å². The molecule has 1 unspecified atom stereocenters. The van der Waals surface area contributed by atoms with Gasteiger partial charge in [0.05, 0.1) is 0 Å². The third kappa shape index (κ3) is 6.07. The first kappa shape index (κ1) is 25.7. The van der Waals surface area contributed by atoms with Crippen molar-refractivity contribution in [2.45, 2.75) is 69.3 Å². The largest absolute Gasteiger partial charge is 0.462 e. The molecule has 27 heavy (non-hydrogen) atoms. The van der Waals surface area contributed by atoms with Crippen LogP contribution in [0.5, 0.6) is 0 Å². The van der Waals surface area contributed by atoms with E-state index < -0.39 is 42.7 Å². The lowest BCUT2D eigenvalue weighted by Crippen LogP contribution is -2.63. The van der Waals surface area contributed by atoms with E-state index in [9.17, 15) is 53.1 Å². The van der Waals surface area contributed by atoms with Crippen LogP contribution in [0.2, 0.25) is 0 Å². The van der Waals surface area contributed by atoms with Gasteiger partial charge in [0.1, 0.15) is 0 Å². The zero-order valence-electron chi connectivity index (χ0n) is 13.7. The van der Waals surface area contributed by atoms with Gasteiger partial charge in [-0.25, -0.2) is 0 Å². The summed E-state index contributed by atoms with van der Waals surface area (Å²) in [7, 11) is 0. The number of amides is 1. The van der Waals surface area contributed by atoms with Crippen LogP contribution in [0, 0.1) is 0 Å². The van der Waals surface area contributed by atoms with Crippen molar-refractivity contribution in [3.05, 3.63) is 0 Å². The Morgan fingerprint density at radius 1 is 0.778 bits per heavy atom. The molecule has 1 atom stereocenters. The van der Waals surface area contributed by atoms with Gasteiger partial charge in [0, 0.05) is 6.54 Å². The van der Waals surface area contributed by atoms with E-state index in [0.29, 0.717) is 12.8 Å². The molecule has 14 heteroatoms. The minimum absolute atomic E-state index is 0.0191. The fourth-order valence-corrected chi connectivity index (χ4v) is 1.68. The molecule has 0 aromatic heterocycles. The van der Waals surface area contributed by atoms with Crippen LogP contribution in [0.3, 0.4) is 0 Å². The molecular weight excluding hydrogens is 411 g/mol. The molecule has 0 fully saturated rings. The summed E-state index contributed by atoms with van der Waals surface area (Å²) in [6.45, 7) is 1.16. The van der Waals surface area contributed by atoms with E-state index in [-0.39, 0.29) is 6.42 Å². The van der Waals surface area contributed by atoms with Crippen LogP contribution in [0.4, 0.5) is 48.3 Å². The molecule has 0 radical (unpaired) electrons. The molecule has 0 bridgehead atoms. The average Bonchev–Trinajstić information content (AvgIpc) is 2.47. The van der Waals surface area contributed by atoms with Crippen LogP contribution in [-0.2, 0) is 9.53 Å². The monoisotopic (exact) mass is 427 g/mol. The van der Waals surface area contributed by atoms with Gasteiger partial charge in [0.2, 0.25) is 0 Å². The predicted octanol–water partition coefficient (Wildman–Crippen LogP) is 5.11. The first-order valence-electron chi connectivity index (χ1n) is 7.50. The van der Waals surface area contributed by atoms with Gasteiger partial charge in [0.15, 0.2) is 0 Å². The SMILES string of the molecule is CCCCCCCNC(=O)C(F)(OC(F)(F)C(F)(F)C(F)(F)F)C(F)(F)F. The van der Waals surface area contributed by atoms with Gasteiger partial charge >= 0.3 is 30.2 Å². The van der Waals surface area contributed by atoms with E-state index in [1.807, 2.05) is 6.92 Å². The van der Waals surface area contributed by atoms with Crippen LogP contribution in [0.15, 0.2) is 0 Å². The van der Waals surface area contributed by atoms with Crippen LogP contribution < -0.4 is 5.32 Å². The van der Waals surface area contributed by atoms with E-state index in [1.54, 1.807) is 0 Å². The molecule has 0 rings (SSSR count). The Morgan fingerprint density at radius 2 is 1.26 bits per heavy atom. The van der Waals surface area contributed by atoms with Gasteiger partial charge in [-0.3, -0.25) is 9.53 Å². The third-order valence-corrected chi connectivity index (χ3v) is 3.21. The summed E-state index contributed by atoms with van der Waals surface area (Å²) in [6, 6.07) is 0. The van der Waals surface area contributed by atoms with Crippen molar-refractivity contribution in [1.29, 1.82) is 0 Å². The molecule has 0 aliphatic carbocycles. The van der Waals surface area contributed by atoms with Gasteiger partial charge in [-0.1, -0.05) is 32.6 Å². The molecule has 0 aromatic carbocycles. The van der Waals surface area contributed by atoms with Crippen molar-refractivity contribution >= 4 is 5.91 Å². The van der Waals surface area contributed by atoms with E-state index in [4.69, 9.17) is 0 Å². The van der Waals surface area contributed by atoms with Crippen molar-refractivity contribution in [2.75, 3.05) is 6.54 Å². The minimum Gasteiger partial charge on any atom is -0.351 e. The topological polar surface area (TPSA) is 38.3 Å². The summed E-state index contributed by atoms with van der Waals surface area (Å²) in [6.07, 6.45) is -18.3. The summed E-state index contributed by atoms with van der Waals surface area (Å²) in [4.78, 5) is 11.3. The molecule has 162 valence electrons. The molecule has 1 N–H and O–H groups in total. The second kappa shape index (κ2) is 8.78. The van der Waals surface area contributed by atoms with E-state index >= 15 is 0 Å². The summed E-state index contributed by atoms with van der Waals surface area (Å²) in [5, 5.41) is 1.20. The number of carbonyl (C=O) groups excluding carboxylic acids is 1. The Hall–Kier alpha value is -1.34. The van der Waals surface area contributed by atoms with E-state index in [0.717, 1.165) is 12.8 Å². The van der Waals surface area contributed by atoms with Crippen molar-refractivity contribution in [1.82, 2.24) is 5.32 Å². The Bertz CT molecular complexity index is 490. The molecule has 1 amide bonds. The first-order valence-corrected chi connectivity index (χ1v) is 7.50. The number of rotatable bonds is 10. The Balaban J connectivity index is 5.34. The predicted molar refractivity (Wildman–Crippen MR) is 68.7 cm³/mol. The average molecular weight is 427 g/mol. The van der Waals surface area contributed by atoms with Gasteiger partial charge in [-0.2, -0.15) is 48.3 Å². The summed E-state index contributed by atoms with van der Waals surface area (Å²) in [5.74, 6) is -16.3. The lowest BCUT2D eigenvalue weighted by Gasteiger charge is -2.34. The molecule has 3 nitrogen and oxygen atoms in total. The Kier molecular flexibility index (Phi) is 8.34. The van der Waals surface area contributed by atoms with Crippen molar-refractivity contribution in [3.63, 3.8) is 0 Å². The molecule has 0 aliphatic rings. The number of hydrogen-bond donors (Lipinski definition) is 1. The van der Waals surface area contributed by atoms with Crippen molar-refractivity contribution in [3.8, 4) is 0 Å². The highest BCUT2D eigenvalue weighted by Gasteiger charge is 2.79. The van der Waals surface area contributed by atoms with Crippen molar-refractivity contribution < 1.29 is 57.8 Å². The molecule has 0 aliphatic heterocycles. The van der Waals surface area contributed by atoms with Crippen LogP contribution in [0.1, 0.15) is 39.0 Å². The minimum atomic E-state index is -7.19. The Morgan fingerprint density at radius 3 is 1.67 bits per heavy atom. The number of halogens is 11. The molecule has 0 spiro atoms. The lowest BCUT2D eigenvalue weighted by atomic mass is 10.1. The van der Waals surface area contributed by atoms with Crippen LogP contribution >= 0.6 is 0 Å². The number of nitrogens with one attached hydrogen (secondary N) is 1. The fraction of sp³-hybridized carbons (Fsp3) is 0.923. The molecule has 0 heterocycles. The molecule has 0 saturated heterocycles. The lowest BCUT2D eigenvalue weighted by molar-refractivity contribution is -0.472. The number of alkyl halides is 11. The van der Waals surface area contributed by atoms with E-state index in [1.165, 1.54) is 5.32 Å². The number of carbonyl (C=O) groups is 1. The van der Waals surface area contributed by atoms with Gasteiger partial charge < -0.3 is 5.32 Å². The van der Waals surface area contributed by atoms with Gasteiger partial charge in [-0.15, -0.1) is 0 Å². The maximum Gasteiger partial charge on any atom is 0.462 e.